The highest BCUT2D eigenvalue weighted by Gasteiger charge is 2.22. The van der Waals surface area contributed by atoms with E-state index in [1.54, 1.807) is 12.0 Å². The maximum Gasteiger partial charge on any atom is 0.311 e. The molecular weight excluding hydrogens is 234 g/mol. The van der Waals surface area contributed by atoms with E-state index in [1.807, 2.05) is 6.92 Å². The number of nitrogens with zero attached hydrogens (tertiary/aromatic N) is 1. The highest BCUT2D eigenvalue weighted by atomic mass is 16.5. The molecule has 0 aromatic carbocycles. The first-order chi connectivity index (χ1) is 8.65. The lowest BCUT2D eigenvalue weighted by molar-refractivity contribution is -0.145. The highest BCUT2D eigenvalue weighted by molar-refractivity contribution is 6.35. The second kappa shape index (κ2) is 8.05. The molecule has 0 aromatic heterocycles. The molecule has 0 aliphatic carbocycles. The van der Waals surface area contributed by atoms with Crippen LogP contribution in [0.3, 0.4) is 0 Å². The second-order valence-corrected chi connectivity index (χ2v) is 4.67. The lowest BCUT2D eigenvalue weighted by Gasteiger charge is -2.19. The van der Waals surface area contributed by atoms with E-state index in [2.05, 4.69) is 10.6 Å². The maximum atomic E-state index is 11.9. The van der Waals surface area contributed by atoms with Gasteiger partial charge in [0.2, 0.25) is 0 Å². The van der Waals surface area contributed by atoms with Crippen molar-refractivity contribution in [2.24, 2.45) is 5.92 Å². The Labute approximate surface area is 108 Å². The van der Waals surface area contributed by atoms with E-state index in [0.717, 1.165) is 19.5 Å². The van der Waals surface area contributed by atoms with Crippen LogP contribution in [0, 0.1) is 5.92 Å². The number of ether oxygens (including phenoxy) is 1. The molecule has 1 atom stereocenters. The van der Waals surface area contributed by atoms with Gasteiger partial charge in [0, 0.05) is 33.3 Å². The van der Waals surface area contributed by atoms with Crippen molar-refractivity contribution in [1.82, 2.24) is 15.5 Å². The average molecular weight is 257 g/mol. The fourth-order valence-corrected chi connectivity index (χ4v) is 1.88. The van der Waals surface area contributed by atoms with Gasteiger partial charge in [-0.15, -0.1) is 0 Å². The fraction of sp³-hybridized carbons (Fsp3) is 0.833. The third kappa shape index (κ3) is 5.01. The molecule has 0 radical (unpaired) electrons. The van der Waals surface area contributed by atoms with Crippen LogP contribution in [0.15, 0.2) is 0 Å². The lowest BCUT2D eigenvalue weighted by Crippen LogP contribution is -2.45. The van der Waals surface area contributed by atoms with Crippen molar-refractivity contribution in [2.45, 2.75) is 13.3 Å². The van der Waals surface area contributed by atoms with Gasteiger partial charge in [0.1, 0.15) is 0 Å². The third-order valence-corrected chi connectivity index (χ3v) is 2.88. The van der Waals surface area contributed by atoms with Crippen LogP contribution < -0.4 is 10.6 Å². The predicted octanol–water partition coefficient (Wildman–Crippen LogP) is -0.793. The van der Waals surface area contributed by atoms with Gasteiger partial charge >= 0.3 is 11.8 Å². The van der Waals surface area contributed by atoms with Crippen molar-refractivity contribution in [3.63, 3.8) is 0 Å². The Hall–Kier alpha value is -1.14. The Morgan fingerprint density at radius 2 is 2.17 bits per heavy atom. The molecule has 0 saturated carbocycles. The maximum absolute atomic E-state index is 11.9. The number of methoxy groups -OCH3 is 1. The molecule has 1 fully saturated rings. The molecule has 1 saturated heterocycles. The molecule has 1 rings (SSSR count). The van der Waals surface area contributed by atoms with Crippen LogP contribution in [0.25, 0.3) is 0 Å². The summed E-state index contributed by atoms with van der Waals surface area (Å²) < 4.78 is 4.97. The second-order valence-electron chi connectivity index (χ2n) is 4.67. The molecule has 6 nitrogen and oxygen atoms in total. The van der Waals surface area contributed by atoms with Crippen molar-refractivity contribution in [1.29, 1.82) is 0 Å². The van der Waals surface area contributed by atoms with Crippen LogP contribution in [0.1, 0.15) is 13.3 Å². The smallest absolute Gasteiger partial charge is 0.311 e. The number of hydrogen-bond donors (Lipinski definition) is 2. The zero-order valence-electron chi connectivity index (χ0n) is 11.2. The van der Waals surface area contributed by atoms with Crippen LogP contribution in [0.5, 0.6) is 0 Å². The zero-order chi connectivity index (χ0) is 13.4. The van der Waals surface area contributed by atoms with Crippen molar-refractivity contribution in [2.75, 3.05) is 46.4 Å². The summed E-state index contributed by atoms with van der Waals surface area (Å²) in [5.41, 5.74) is 0. The van der Waals surface area contributed by atoms with Gasteiger partial charge in [-0.1, -0.05) is 6.92 Å². The van der Waals surface area contributed by atoms with Crippen molar-refractivity contribution in [3.8, 4) is 0 Å². The highest BCUT2D eigenvalue weighted by Crippen LogP contribution is 1.97. The molecule has 2 amide bonds. The molecule has 1 heterocycles. The number of amides is 2. The van der Waals surface area contributed by atoms with Crippen LogP contribution in [-0.4, -0.2) is 63.2 Å². The minimum absolute atomic E-state index is 0.206. The van der Waals surface area contributed by atoms with Crippen LogP contribution in [0.2, 0.25) is 0 Å². The normalized spacial score (nSPS) is 18.0. The summed E-state index contributed by atoms with van der Waals surface area (Å²) in [5.74, 6) is -0.735. The lowest BCUT2D eigenvalue weighted by atomic mass is 10.2. The van der Waals surface area contributed by atoms with Gasteiger partial charge in [0.15, 0.2) is 0 Å². The molecule has 1 aliphatic rings. The SMILES string of the molecule is COCC(C)CNC(=O)C(=O)N1CCCNCC1. The number of carbonyl (C=O) groups is 2. The Kier molecular flexibility index (Phi) is 6.67. The molecule has 104 valence electrons. The van der Waals surface area contributed by atoms with Gasteiger partial charge in [-0.25, -0.2) is 0 Å². The van der Waals surface area contributed by atoms with E-state index in [1.165, 1.54) is 0 Å². The van der Waals surface area contributed by atoms with Gasteiger partial charge < -0.3 is 20.3 Å². The number of carbonyl (C=O) groups excluding carboxylic acids is 2. The molecule has 2 N–H and O–H groups in total. The molecule has 0 bridgehead atoms. The first-order valence-corrected chi connectivity index (χ1v) is 6.42. The van der Waals surface area contributed by atoms with Crippen molar-refractivity contribution < 1.29 is 14.3 Å². The van der Waals surface area contributed by atoms with Gasteiger partial charge in [0.05, 0.1) is 6.61 Å². The summed E-state index contributed by atoms with van der Waals surface area (Å²) in [6.07, 6.45) is 0.888. The summed E-state index contributed by atoms with van der Waals surface area (Å²) in [5, 5.41) is 5.85. The molecule has 1 unspecified atom stereocenters. The molecule has 6 heteroatoms. The topological polar surface area (TPSA) is 70.7 Å². The van der Waals surface area contributed by atoms with E-state index in [0.29, 0.717) is 26.2 Å². The standard InChI is InChI=1S/C12H23N3O3/c1-10(9-18-2)8-14-11(16)12(17)15-6-3-4-13-5-7-15/h10,13H,3-9H2,1-2H3,(H,14,16). The molecule has 0 spiro atoms. The first kappa shape index (κ1) is 14.9. The van der Waals surface area contributed by atoms with E-state index < -0.39 is 11.8 Å². The van der Waals surface area contributed by atoms with E-state index >= 15 is 0 Å². The van der Waals surface area contributed by atoms with Gasteiger partial charge in [0.25, 0.3) is 0 Å². The number of nitrogens with one attached hydrogen (secondary N) is 2. The summed E-state index contributed by atoms with van der Waals surface area (Å²) in [6.45, 7) is 5.89. The van der Waals surface area contributed by atoms with Gasteiger partial charge in [-0.05, 0) is 18.9 Å². The molecule has 18 heavy (non-hydrogen) atoms. The Bertz CT molecular complexity index is 276. The Morgan fingerprint density at radius 3 is 2.89 bits per heavy atom. The number of hydrogen-bond acceptors (Lipinski definition) is 4. The quantitative estimate of drug-likeness (QED) is 0.647. The fourth-order valence-electron chi connectivity index (χ4n) is 1.88. The zero-order valence-corrected chi connectivity index (χ0v) is 11.2. The molecule has 1 aliphatic heterocycles. The molecular formula is C12H23N3O3. The van der Waals surface area contributed by atoms with Crippen LogP contribution in [0.4, 0.5) is 0 Å². The van der Waals surface area contributed by atoms with E-state index in [-0.39, 0.29) is 5.92 Å². The predicted molar refractivity (Wildman–Crippen MR) is 68.1 cm³/mol. The molecule has 0 aromatic rings. The summed E-state index contributed by atoms with van der Waals surface area (Å²) >= 11 is 0. The minimum Gasteiger partial charge on any atom is -0.384 e. The van der Waals surface area contributed by atoms with Crippen molar-refractivity contribution in [3.05, 3.63) is 0 Å². The summed E-state index contributed by atoms with van der Waals surface area (Å²) in [4.78, 5) is 25.2. The summed E-state index contributed by atoms with van der Waals surface area (Å²) in [6, 6.07) is 0. The monoisotopic (exact) mass is 257 g/mol. The van der Waals surface area contributed by atoms with Crippen molar-refractivity contribution >= 4 is 11.8 Å². The van der Waals surface area contributed by atoms with Gasteiger partial charge in [-0.3, -0.25) is 9.59 Å². The van der Waals surface area contributed by atoms with E-state index in [4.69, 9.17) is 4.74 Å². The Morgan fingerprint density at radius 1 is 1.39 bits per heavy atom. The minimum atomic E-state index is -0.514. The van der Waals surface area contributed by atoms with Crippen LogP contribution in [-0.2, 0) is 14.3 Å². The first-order valence-electron chi connectivity index (χ1n) is 6.42. The largest absolute Gasteiger partial charge is 0.384 e. The third-order valence-electron chi connectivity index (χ3n) is 2.88. The van der Waals surface area contributed by atoms with Gasteiger partial charge in [-0.2, -0.15) is 0 Å². The average Bonchev–Trinajstić information content (AvgIpc) is 2.64. The summed E-state index contributed by atoms with van der Waals surface area (Å²) in [7, 11) is 1.62. The van der Waals surface area contributed by atoms with E-state index in [9.17, 15) is 9.59 Å². The number of rotatable bonds is 4. The van der Waals surface area contributed by atoms with Crippen LogP contribution >= 0.6 is 0 Å². The Balaban J connectivity index is 2.33.